The minimum absolute atomic E-state index is 0.0762. The molecule has 2 aromatic carbocycles. The van der Waals surface area contributed by atoms with E-state index in [0.29, 0.717) is 5.92 Å². The van der Waals surface area contributed by atoms with Crippen LogP contribution in [0.2, 0.25) is 0 Å². The summed E-state index contributed by atoms with van der Waals surface area (Å²) in [4.78, 5) is 4.71. The van der Waals surface area contributed by atoms with Crippen molar-refractivity contribution in [3.05, 3.63) is 65.5 Å². The van der Waals surface area contributed by atoms with E-state index in [4.69, 9.17) is 16.6 Å². The van der Waals surface area contributed by atoms with Crippen LogP contribution >= 0.6 is 11.6 Å². The molecule has 2 unspecified atom stereocenters. The van der Waals surface area contributed by atoms with Crippen LogP contribution in [0, 0.1) is 0 Å². The van der Waals surface area contributed by atoms with E-state index in [0.717, 1.165) is 24.3 Å². The Kier molecular flexibility index (Phi) is 3.00. The lowest BCUT2D eigenvalue weighted by Crippen LogP contribution is -2.22. The molecule has 1 aliphatic carbocycles. The van der Waals surface area contributed by atoms with Crippen molar-refractivity contribution in [2.45, 2.75) is 31.2 Å². The zero-order valence-electron chi connectivity index (χ0n) is 12.0. The van der Waals surface area contributed by atoms with Gasteiger partial charge in [0.05, 0.1) is 16.4 Å². The van der Waals surface area contributed by atoms with Gasteiger partial charge in [0, 0.05) is 12.5 Å². The van der Waals surface area contributed by atoms with Crippen molar-refractivity contribution in [2.24, 2.45) is 0 Å². The van der Waals surface area contributed by atoms with Gasteiger partial charge in [-0.1, -0.05) is 36.4 Å². The van der Waals surface area contributed by atoms with Gasteiger partial charge in [-0.2, -0.15) is 0 Å². The second kappa shape index (κ2) is 4.88. The largest absolute Gasteiger partial charge is 0.326 e. The lowest BCUT2D eigenvalue weighted by atomic mass is 9.77. The van der Waals surface area contributed by atoms with Crippen LogP contribution in [0.3, 0.4) is 0 Å². The third-order valence-corrected chi connectivity index (χ3v) is 4.60. The van der Waals surface area contributed by atoms with Crippen molar-refractivity contribution in [3.63, 3.8) is 0 Å². The van der Waals surface area contributed by atoms with Crippen LogP contribution in [0.5, 0.6) is 0 Å². The molecule has 0 saturated carbocycles. The van der Waals surface area contributed by atoms with E-state index in [1.807, 2.05) is 13.0 Å². The minimum atomic E-state index is -0.0762. The summed E-state index contributed by atoms with van der Waals surface area (Å²) in [5.74, 6) is 1.55. The number of imidazole rings is 1. The van der Waals surface area contributed by atoms with Gasteiger partial charge in [-0.25, -0.2) is 4.98 Å². The van der Waals surface area contributed by atoms with Gasteiger partial charge in [0.1, 0.15) is 5.82 Å². The van der Waals surface area contributed by atoms with Crippen LogP contribution in [0.4, 0.5) is 0 Å². The summed E-state index contributed by atoms with van der Waals surface area (Å²) >= 11 is 6.34. The minimum Gasteiger partial charge on any atom is -0.326 e. The Labute approximate surface area is 129 Å². The van der Waals surface area contributed by atoms with Crippen molar-refractivity contribution in [1.82, 2.24) is 9.55 Å². The number of fused-ring (bicyclic) bond motifs is 2. The number of hydrogen-bond donors (Lipinski definition) is 0. The second-order valence-corrected chi connectivity index (χ2v) is 6.44. The van der Waals surface area contributed by atoms with Crippen LogP contribution in [-0.4, -0.2) is 9.55 Å². The Morgan fingerprint density at radius 2 is 1.95 bits per heavy atom. The van der Waals surface area contributed by atoms with Gasteiger partial charge in [0.15, 0.2) is 0 Å². The van der Waals surface area contributed by atoms with Crippen LogP contribution in [0.25, 0.3) is 11.0 Å². The maximum Gasteiger partial charge on any atom is 0.127 e. The molecular formula is C18H17ClN2. The van der Waals surface area contributed by atoms with Gasteiger partial charge in [0.2, 0.25) is 0 Å². The summed E-state index contributed by atoms with van der Waals surface area (Å²) in [6.45, 7) is 2.96. The number of benzene rings is 2. The first kappa shape index (κ1) is 12.9. The van der Waals surface area contributed by atoms with E-state index < -0.39 is 0 Å². The average molecular weight is 297 g/mol. The van der Waals surface area contributed by atoms with Crippen molar-refractivity contribution < 1.29 is 0 Å². The maximum atomic E-state index is 6.34. The zero-order valence-corrected chi connectivity index (χ0v) is 12.7. The molecule has 0 saturated heterocycles. The highest BCUT2D eigenvalue weighted by Crippen LogP contribution is 2.37. The molecule has 21 heavy (non-hydrogen) atoms. The first-order valence-corrected chi connectivity index (χ1v) is 7.84. The smallest absolute Gasteiger partial charge is 0.127 e. The average Bonchev–Trinajstić information content (AvgIpc) is 2.84. The molecule has 0 radical (unpaired) electrons. The van der Waals surface area contributed by atoms with Gasteiger partial charge in [-0.15, -0.1) is 11.6 Å². The van der Waals surface area contributed by atoms with E-state index in [1.165, 1.54) is 16.6 Å². The van der Waals surface area contributed by atoms with Gasteiger partial charge in [0.25, 0.3) is 0 Å². The fourth-order valence-electron chi connectivity index (χ4n) is 3.34. The molecule has 1 aromatic heterocycles. The molecule has 0 spiro atoms. The molecule has 106 valence electrons. The molecule has 0 amide bonds. The van der Waals surface area contributed by atoms with Gasteiger partial charge >= 0.3 is 0 Å². The Morgan fingerprint density at radius 1 is 1.19 bits per heavy atom. The second-order valence-electron chi connectivity index (χ2n) is 5.79. The van der Waals surface area contributed by atoms with Crippen LogP contribution in [0.15, 0.2) is 48.5 Å². The molecule has 4 rings (SSSR count). The molecule has 1 heterocycles. The number of para-hydroxylation sites is 2. The molecule has 3 aromatic rings. The number of hydrogen-bond acceptors (Lipinski definition) is 1. The predicted molar refractivity (Wildman–Crippen MR) is 86.9 cm³/mol. The van der Waals surface area contributed by atoms with Crippen molar-refractivity contribution in [3.8, 4) is 0 Å². The first-order chi connectivity index (χ1) is 10.2. The fourth-order valence-corrected chi connectivity index (χ4v) is 3.50. The molecule has 0 bridgehead atoms. The van der Waals surface area contributed by atoms with Crippen molar-refractivity contribution in [1.29, 1.82) is 0 Å². The Balaban J connectivity index is 1.75. The van der Waals surface area contributed by atoms with E-state index in [1.54, 1.807) is 0 Å². The molecular weight excluding hydrogens is 280 g/mol. The SMILES string of the molecule is CC(Cl)c1nc2ccccc2n1CC1Cc2ccccc21. The van der Waals surface area contributed by atoms with Crippen LogP contribution in [0.1, 0.15) is 35.2 Å². The quantitative estimate of drug-likeness (QED) is 0.642. The summed E-state index contributed by atoms with van der Waals surface area (Å²) in [7, 11) is 0. The molecule has 3 heteroatoms. The highest BCUT2D eigenvalue weighted by atomic mass is 35.5. The third kappa shape index (κ3) is 2.06. The van der Waals surface area contributed by atoms with E-state index in [9.17, 15) is 0 Å². The summed E-state index contributed by atoms with van der Waals surface area (Å²) < 4.78 is 2.30. The lowest BCUT2D eigenvalue weighted by Gasteiger charge is -2.31. The maximum absolute atomic E-state index is 6.34. The molecule has 0 aliphatic heterocycles. The zero-order chi connectivity index (χ0) is 14.4. The molecule has 2 atom stereocenters. The van der Waals surface area contributed by atoms with E-state index in [-0.39, 0.29) is 5.38 Å². The number of rotatable bonds is 3. The van der Waals surface area contributed by atoms with E-state index >= 15 is 0 Å². The number of halogens is 1. The predicted octanol–water partition coefficient (Wildman–Crippen LogP) is 4.68. The normalized spacial score (nSPS) is 18.3. The standard InChI is InChI=1S/C18H17ClN2/c1-12(19)18-20-16-8-4-5-9-17(16)21(18)11-14-10-13-6-2-3-7-15(13)14/h2-9,12,14H,10-11H2,1H3. The summed E-state index contributed by atoms with van der Waals surface area (Å²) in [6, 6.07) is 17.0. The van der Waals surface area contributed by atoms with Gasteiger partial charge in [-0.05, 0) is 36.6 Å². The molecule has 2 nitrogen and oxygen atoms in total. The number of aromatic nitrogens is 2. The number of nitrogens with zero attached hydrogens (tertiary/aromatic N) is 2. The highest BCUT2D eigenvalue weighted by molar-refractivity contribution is 6.20. The van der Waals surface area contributed by atoms with Crippen LogP contribution in [-0.2, 0) is 13.0 Å². The third-order valence-electron chi connectivity index (χ3n) is 4.40. The molecule has 1 aliphatic rings. The molecule has 0 fully saturated rings. The van der Waals surface area contributed by atoms with Crippen molar-refractivity contribution in [2.75, 3.05) is 0 Å². The Bertz CT molecular complexity index is 804. The fraction of sp³-hybridized carbons (Fsp3) is 0.278. The lowest BCUT2D eigenvalue weighted by molar-refractivity contribution is 0.504. The number of alkyl halides is 1. The summed E-state index contributed by atoms with van der Waals surface area (Å²) in [5.41, 5.74) is 5.17. The van der Waals surface area contributed by atoms with Crippen molar-refractivity contribution >= 4 is 22.6 Å². The first-order valence-electron chi connectivity index (χ1n) is 7.41. The summed E-state index contributed by atoms with van der Waals surface area (Å²) in [5, 5.41) is -0.0762. The van der Waals surface area contributed by atoms with E-state index in [2.05, 4.69) is 47.0 Å². The Morgan fingerprint density at radius 3 is 2.76 bits per heavy atom. The summed E-state index contributed by atoms with van der Waals surface area (Å²) in [6.07, 6.45) is 1.15. The Hall–Kier alpha value is -1.80. The van der Waals surface area contributed by atoms with Gasteiger partial charge in [-0.3, -0.25) is 0 Å². The molecule has 0 N–H and O–H groups in total. The van der Waals surface area contributed by atoms with Crippen LogP contribution < -0.4 is 0 Å². The highest BCUT2D eigenvalue weighted by Gasteiger charge is 2.27. The topological polar surface area (TPSA) is 17.8 Å². The van der Waals surface area contributed by atoms with Gasteiger partial charge < -0.3 is 4.57 Å². The monoisotopic (exact) mass is 296 g/mol.